The lowest BCUT2D eigenvalue weighted by molar-refractivity contribution is -0.274. The third-order valence-corrected chi connectivity index (χ3v) is 5.63. The normalized spacial score (nSPS) is 12.1. The Hall–Kier alpha value is -3.73. The Morgan fingerprint density at radius 1 is 0.824 bits per heavy atom. The molecule has 0 amide bonds. The molecule has 0 aliphatic carbocycles. The molecule has 0 fully saturated rings. The number of rotatable bonds is 7. The fourth-order valence-corrected chi connectivity index (χ4v) is 4.20. The third-order valence-electron chi connectivity index (χ3n) is 5.02. The van der Waals surface area contributed by atoms with Crippen molar-refractivity contribution in [2.75, 3.05) is 11.0 Å². The molecule has 0 atom stereocenters. The van der Waals surface area contributed by atoms with E-state index in [2.05, 4.69) is 9.46 Å². The van der Waals surface area contributed by atoms with Crippen molar-refractivity contribution < 1.29 is 26.3 Å². The van der Waals surface area contributed by atoms with Gasteiger partial charge in [-0.2, -0.15) is 0 Å². The van der Waals surface area contributed by atoms with Crippen molar-refractivity contribution in [3.05, 3.63) is 94.4 Å². The van der Waals surface area contributed by atoms with Gasteiger partial charge in [-0.3, -0.25) is 13.9 Å². The third kappa shape index (κ3) is 5.60. The van der Waals surface area contributed by atoms with Gasteiger partial charge in [0.25, 0.3) is 0 Å². The van der Waals surface area contributed by atoms with Crippen molar-refractivity contribution in [1.29, 1.82) is 0 Å². The number of imidazole rings is 1. The van der Waals surface area contributed by atoms with E-state index in [0.29, 0.717) is 22.3 Å². The van der Waals surface area contributed by atoms with E-state index in [9.17, 15) is 26.4 Å². The summed E-state index contributed by atoms with van der Waals surface area (Å²) in [6, 6.07) is 19.3. The first-order valence-electron chi connectivity index (χ1n) is 10.1. The first-order valence-corrected chi connectivity index (χ1v) is 12.0. The summed E-state index contributed by atoms with van der Waals surface area (Å²) < 4.78 is 69.4. The fourth-order valence-electron chi connectivity index (χ4n) is 3.63. The predicted octanol–water partition coefficient (Wildman–Crippen LogP) is 4.17. The quantitative estimate of drug-likeness (QED) is 0.421. The second kappa shape index (κ2) is 8.90. The van der Waals surface area contributed by atoms with E-state index in [0.717, 1.165) is 11.8 Å². The smallest absolute Gasteiger partial charge is 0.406 e. The summed E-state index contributed by atoms with van der Waals surface area (Å²) >= 11 is 0. The number of hydrogen-bond donors (Lipinski definition) is 1. The number of alkyl halides is 3. The van der Waals surface area contributed by atoms with E-state index >= 15 is 0 Å². The standard InChI is InChI=1S/C23H20F3N3O4S/c1-34(31,32)27-18-10-6-16(7-11-18)14-28-20-4-2-3-5-21(20)29(22(28)30)15-17-8-12-19(13-9-17)33-23(24,25)26/h2-13,27H,14-15H2,1H3. The van der Waals surface area contributed by atoms with Crippen molar-refractivity contribution >= 4 is 26.7 Å². The van der Waals surface area contributed by atoms with Crippen LogP contribution in [-0.2, 0) is 23.1 Å². The monoisotopic (exact) mass is 491 g/mol. The molecule has 3 aromatic carbocycles. The van der Waals surface area contributed by atoms with Gasteiger partial charge in [-0.1, -0.05) is 36.4 Å². The molecular formula is C23H20F3N3O4S. The number of para-hydroxylation sites is 2. The maximum Gasteiger partial charge on any atom is 0.573 e. The molecule has 0 bridgehead atoms. The van der Waals surface area contributed by atoms with Crippen LogP contribution >= 0.6 is 0 Å². The van der Waals surface area contributed by atoms with Crippen LogP contribution in [0.25, 0.3) is 11.0 Å². The van der Waals surface area contributed by atoms with Gasteiger partial charge in [0.1, 0.15) is 5.75 Å². The molecule has 0 spiro atoms. The fraction of sp³-hybridized carbons (Fsp3) is 0.174. The van der Waals surface area contributed by atoms with Crippen molar-refractivity contribution in [3.8, 4) is 5.75 Å². The number of anilines is 1. The number of ether oxygens (including phenoxy) is 1. The summed E-state index contributed by atoms with van der Waals surface area (Å²) in [5, 5.41) is 0. The van der Waals surface area contributed by atoms with E-state index in [1.165, 1.54) is 24.3 Å². The van der Waals surface area contributed by atoms with Crippen LogP contribution in [0.5, 0.6) is 5.75 Å². The average Bonchev–Trinajstić information content (AvgIpc) is 3.00. The molecule has 11 heteroatoms. The molecule has 0 aliphatic heterocycles. The number of halogens is 3. The van der Waals surface area contributed by atoms with Crippen LogP contribution in [0, 0.1) is 0 Å². The van der Waals surface area contributed by atoms with Crippen LogP contribution in [0.3, 0.4) is 0 Å². The van der Waals surface area contributed by atoms with E-state index in [4.69, 9.17) is 0 Å². The molecule has 1 N–H and O–H groups in total. The molecular weight excluding hydrogens is 471 g/mol. The van der Waals surface area contributed by atoms with E-state index in [1.807, 2.05) is 12.1 Å². The minimum absolute atomic E-state index is 0.163. The Morgan fingerprint density at radius 2 is 1.29 bits per heavy atom. The largest absolute Gasteiger partial charge is 0.573 e. The van der Waals surface area contributed by atoms with Gasteiger partial charge < -0.3 is 4.74 Å². The SMILES string of the molecule is CS(=O)(=O)Nc1ccc(Cn2c(=O)n(Cc3ccc(OC(F)(F)F)cc3)c3ccccc32)cc1. The van der Waals surface area contributed by atoms with Crippen molar-refractivity contribution in [2.24, 2.45) is 0 Å². The number of fused-ring (bicyclic) bond motifs is 1. The number of hydrogen-bond acceptors (Lipinski definition) is 4. The van der Waals surface area contributed by atoms with Gasteiger partial charge in [0.2, 0.25) is 10.0 Å². The highest BCUT2D eigenvalue weighted by molar-refractivity contribution is 7.92. The number of nitrogens with zero attached hydrogens (tertiary/aromatic N) is 2. The molecule has 1 aromatic heterocycles. The van der Waals surface area contributed by atoms with Gasteiger partial charge >= 0.3 is 12.1 Å². The Labute approximate surface area is 193 Å². The summed E-state index contributed by atoms with van der Waals surface area (Å²) in [5.41, 5.74) is 2.93. The molecule has 7 nitrogen and oxygen atoms in total. The summed E-state index contributed by atoms with van der Waals surface area (Å²) in [4.78, 5) is 13.3. The molecule has 0 saturated carbocycles. The summed E-state index contributed by atoms with van der Waals surface area (Å²) in [6.45, 7) is 0.416. The zero-order valence-electron chi connectivity index (χ0n) is 17.9. The lowest BCUT2D eigenvalue weighted by Crippen LogP contribution is -2.25. The first-order chi connectivity index (χ1) is 16.0. The Morgan fingerprint density at radius 3 is 1.74 bits per heavy atom. The number of benzene rings is 3. The van der Waals surface area contributed by atoms with E-state index in [1.54, 1.807) is 45.5 Å². The first kappa shape index (κ1) is 23.4. The molecule has 178 valence electrons. The van der Waals surface area contributed by atoms with Gasteiger partial charge in [-0.25, -0.2) is 13.2 Å². The molecule has 4 aromatic rings. The van der Waals surface area contributed by atoms with Gasteiger partial charge in [-0.05, 0) is 47.5 Å². The topological polar surface area (TPSA) is 82.3 Å². The van der Waals surface area contributed by atoms with Crippen LogP contribution in [0.4, 0.5) is 18.9 Å². The van der Waals surface area contributed by atoms with Gasteiger partial charge in [0, 0.05) is 5.69 Å². The van der Waals surface area contributed by atoms with Crippen molar-refractivity contribution in [3.63, 3.8) is 0 Å². The average molecular weight is 491 g/mol. The second-order valence-electron chi connectivity index (χ2n) is 7.71. The number of nitrogens with one attached hydrogen (secondary N) is 1. The van der Waals surface area contributed by atoms with Crippen LogP contribution in [0.1, 0.15) is 11.1 Å². The van der Waals surface area contributed by atoms with Gasteiger partial charge in [0.15, 0.2) is 0 Å². The lowest BCUT2D eigenvalue weighted by atomic mass is 10.2. The Kier molecular flexibility index (Phi) is 6.13. The molecule has 0 saturated heterocycles. The minimum Gasteiger partial charge on any atom is -0.406 e. The molecule has 1 heterocycles. The zero-order valence-corrected chi connectivity index (χ0v) is 18.7. The Balaban J connectivity index is 1.62. The number of aromatic nitrogens is 2. The molecule has 4 rings (SSSR count). The summed E-state index contributed by atoms with van der Waals surface area (Å²) in [7, 11) is -3.39. The summed E-state index contributed by atoms with van der Waals surface area (Å²) in [6.07, 6.45) is -3.71. The predicted molar refractivity (Wildman–Crippen MR) is 122 cm³/mol. The van der Waals surface area contributed by atoms with Crippen molar-refractivity contribution in [1.82, 2.24) is 9.13 Å². The van der Waals surface area contributed by atoms with Gasteiger partial charge in [-0.15, -0.1) is 13.2 Å². The zero-order chi connectivity index (χ0) is 24.5. The highest BCUT2D eigenvalue weighted by Gasteiger charge is 2.31. The van der Waals surface area contributed by atoms with Crippen LogP contribution in [-0.4, -0.2) is 30.2 Å². The van der Waals surface area contributed by atoms with Crippen LogP contribution < -0.4 is 15.1 Å². The molecule has 0 aliphatic rings. The van der Waals surface area contributed by atoms with Crippen LogP contribution in [0.2, 0.25) is 0 Å². The van der Waals surface area contributed by atoms with E-state index < -0.39 is 16.4 Å². The Bertz CT molecular complexity index is 1470. The van der Waals surface area contributed by atoms with E-state index in [-0.39, 0.29) is 24.5 Å². The molecule has 34 heavy (non-hydrogen) atoms. The van der Waals surface area contributed by atoms with Crippen LogP contribution in [0.15, 0.2) is 77.6 Å². The van der Waals surface area contributed by atoms with Crippen molar-refractivity contribution in [2.45, 2.75) is 19.5 Å². The minimum atomic E-state index is -4.77. The number of sulfonamides is 1. The highest BCUT2D eigenvalue weighted by atomic mass is 32.2. The second-order valence-corrected chi connectivity index (χ2v) is 9.45. The molecule has 0 unspecified atom stereocenters. The maximum absolute atomic E-state index is 13.3. The van der Waals surface area contributed by atoms with Gasteiger partial charge in [0.05, 0.1) is 30.4 Å². The highest BCUT2D eigenvalue weighted by Crippen LogP contribution is 2.23. The molecule has 0 radical (unpaired) electrons. The lowest BCUT2D eigenvalue weighted by Gasteiger charge is -2.09. The maximum atomic E-state index is 13.3. The summed E-state index contributed by atoms with van der Waals surface area (Å²) in [5.74, 6) is -0.333.